The molecule has 2 fully saturated rings. The van der Waals surface area contributed by atoms with E-state index in [0.717, 1.165) is 46.3 Å². The van der Waals surface area contributed by atoms with Crippen molar-refractivity contribution in [1.82, 2.24) is 53.0 Å². The Hall–Kier alpha value is -7.64. The highest BCUT2D eigenvalue weighted by Crippen LogP contribution is 2.41. The Kier molecular flexibility index (Phi) is 19.9. The topological polar surface area (TPSA) is 251 Å². The molecule has 0 bridgehead atoms. The van der Waals surface area contributed by atoms with Crippen LogP contribution in [0.3, 0.4) is 0 Å². The number of aryl methyl sites for hydroxylation is 2. The van der Waals surface area contributed by atoms with Crippen molar-refractivity contribution in [3.63, 3.8) is 0 Å². The van der Waals surface area contributed by atoms with E-state index in [1.54, 1.807) is 49.1 Å². The van der Waals surface area contributed by atoms with Crippen molar-refractivity contribution in [1.29, 1.82) is 0 Å². The highest BCUT2D eigenvalue weighted by atomic mass is 35.5. The summed E-state index contributed by atoms with van der Waals surface area (Å²) in [5, 5.41) is 3.55. The lowest BCUT2D eigenvalue weighted by Gasteiger charge is -2.14. The fourth-order valence-corrected chi connectivity index (χ4v) is 10.3. The van der Waals surface area contributed by atoms with Gasteiger partial charge in [-0.3, -0.25) is 18.7 Å². The Bertz CT molecular complexity index is 3740. The minimum absolute atomic E-state index is 0. The number of carbonyl (C=O) groups excluding carboxylic acids is 1. The number of rotatable bonds is 18. The second-order valence-electron chi connectivity index (χ2n) is 19.1. The lowest BCUT2D eigenvalue weighted by atomic mass is 10.1. The first-order valence-electron chi connectivity index (χ1n) is 25.1. The van der Waals surface area contributed by atoms with Gasteiger partial charge in [0.2, 0.25) is 20.0 Å². The van der Waals surface area contributed by atoms with Gasteiger partial charge in [0, 0.05) is 118 Å². The van der Waals surface area contributed by atoms with Gasteiger partial charge in [-0.25, -0.2) is 64.1 Å². The Balaban J connectivity index is 0.000000197. The number of hydrogen-bond acceptors (Lipinski definition) is 15. The second-order valence-corrected chi connectivity index (χ2v) is 23.5. The highest BCUT2D eigenvalue weighted by Gasteiger charge is 2.37. The molecule has 4 aromatic heterocycles. The number of aldehydes is 1. The molecule has 8 aromatic rings. The zero-order chi connectivity index (χ0) is 56.4. The quantitative estimate of drug-likeness (QED) is 0.0708. The summed E-state index contributed by atoms with van der Waals surface area (Å²) in [4.78, 5) is 62.4. The van der Waals surface area contributed by atoms with Gasteiger partial charge in [-0.1, -0.05) is 24.3 Å². The average Bonchev–Trinajstić information content (AvgIpc) is 4.41. The monoisotopic (exact) mass is 1150 g/mol. The fraction of sp³-hybridized carbons (Fsp3) is 0.268. The van der Waals surface area contributed by atoms with Crippen LogP contribution in [0.1, 0.15) is 60.0 Å². The van der Waals surface area contributed by atoms with Gasteiger partial charge in [-0.15, -0.1) is 12.4 Å². The van der Waals surface area contributed by atoms with E-state index in [4.69, 9.17) is 5.73 Å². The smallest absolute Gasteiger partial charge is 0.281 e. The van der Waals surface area contributed by atoms with E-state index < -0.39 is 25.6 Å². The zero-order valence-electron chi connectivity index (χ0n) is 44.1. The van der Waals surface area contributed by atoms with Gasteiger partial charge in [0.15, 0.2) is 0 Å². The molecule has 0 radical (unpaired) electrons. The molecule has 2 saturated carbocycles. The summed E-state index contributed by atoms with van der Waals surface area (Å²) in [7, 11) is -1.33. The van der Waals surface area contributed by atoms with Crippen LogP contribution in [0.5, 0.6) is 0 Å². The molecule has 80 heavy (non-hydrogen) atoms. The van der Waals surface area contributed by atoms with Gasteiger partial charge < -0.3 is 15.8 Å². The van der Waals surface area contributed by atoms with Crippen molar-refractivity contribution in [2.75, 3.05) is 34.7 Å². The summed E-state index contributed by atoms with van der Waals surface area (Å²) in [6, 6.07) is 26.1. The fourth-order valence-electron chi connectivity index (χ4n) is 8.48. The molecular formula is C56H59ClF2N12O7S2. The molecule has 0 spiro atoms. The van der Waals surface area contributed by atoms with E-state index in [1.807, 2.05) is 24.3 Å². The molecule has 24 heteroatoms. The third-order valence-corrected chi connectivity index (χ3v) is 16.8. The minimum Gasteiger partial charge on any atom is -0.327 e. The van der Waals surface area contributed by atoms with Crippen molar-refractivity contribution in [2.45, 2.75) is 72.2 Å². The summed E-state index contributed by atoms with van der Waals surface area (Å²) < 4.78 is 80.2. The van der Waals surface area contributed by atoms with Crippen molar-refractivity contribution in [2.24, 2.45) is 5.73 Å². The van der Waals surface area contributed by atoms with Gasteiger partial charge >= 0.3 is 0 Å². The lowest BCUT2D eigenvalue weighted by molar-refractivity contribution is -0.107. The minimum atomic E-state index is -3.59. The van der Waals surface area contributed by atoms with Crippen LogP contribution in [0.15, 0.2) is 166 Å². The van der Waals surface area contributed by atoms with Gasteiger partial charge in [0.25, 0.3) is 11.1 Å². The molecule has 0 saturated heterocycles. The normalized spacial score (nSPS) is 16.4. The molecule has 10 rings (SSSR count). The van der Waals surface area contributed by atoms with Crippen molar-refractivity contribution in [3.8, 4) is 33.9 Å². The van der Waals surface area contributed by atoms with E-state index in [9.17, 15) is 40.0 Å². The molecule has 2 aliphatic rings. The van der Waals surface area contributed by atoms with E-state index in [-0.39, 0.29) is 57.2 Å². The SMILES string of the molecule is CN(C)S(=O)(=O)c1ccc(-n2cc(CCC=O)nc(-c3cncnc3)c2=O)cc1.CN(C)S(=O)(=O)c1ccc(-n2cc(CCCN[C@@H]3C[C@H]3c3ccc(F)cc3)nc(-c3cncnc3)c2=O)cc1.Cl.N[C@@H]1C[C@H]1c1ccc(F)cc1. The number of halogens is 3. The molecule has 0 unspecified atom stereocenters. The molecule has 4 heterocycles. The van der Waals surface area contributed by atoms with E-state index in [0.29, 0.717) is 70.7 Å². The van der Waals surface area contributed by atoms with Crippen LogP contribution in [0, 0.1) is 11.6 Å². The van der Waals surface area contributed by atoms with Crippen LogP contribution in [0.25, 0.3) is 33.9 Å². The maximum Gasteiger partial charge on any atom is 0.281 e. The summed E-state index contributed by atoms with van der Waals surface area (Å²) in [6.45, 7) is 0.768. The molecule has 19 nitrogen and oxygen atoms in total. The Morgan fingerprint density at radius 1 is 0.613 bits per heavy atom. The van der Waals surface area contributed by atoms with Crippen LogP contribution in [-0.2, 0) is 37.7 Å². The summed E-state index contributed by atoms with van der Waals surface area (Å²) >= 11 is 0. The van der Waals surface area contributed by atoms with E-state index in [1.165, 1.54) is 116 Å². The molecule has 0 aliphatic heterocycles. The number of hydrogen-bond donors (Lipinski definition) is 2. The van der Waals surface area contributed by atoms with E-state index in [2.05, 4.69) is 35.2 Å². The number of benzene rings is 4. The number of aromatic nitrogens is 8. The van der Waals surface area contributed by atoms with Gasteiger partial charge in [-0.05, 0) is 123 Å². The molecular weight excluding hydrogens is 1090 g/mol. The number of nitrogens with one attached hydrogen (secondary N) is 1. The zero-order valence-corrected chi connectivity index (χ0v) is 46.5. The Morgan fingerprint density at radius 3 is 1.40 bits per heavy atom. The molecule has 4 atom stereocenters. The Labute approximate surface area is 468 Å². The number of carbonyl (C=O) groups is 1. The maximum absolute atomic E-state index is 13.4. The van der Waals surface area contributed by atoms with Gasteiger partial charge in [0.1, 0.15) is 42.0 Å². The number of sulfonamides is 2. The maximum atomic E-state index is 13.4. The highest BCUT2D eigenvalue weighted by molar-refractivity contribution is 7.89. The molecule has 2 aliphatic carbocycles. The number of nitrogens with two attached hydrogens (primary N) is 1. The van der Waals surface area contributed by atoms with Crippen LogP contribution >= 0.6 is 12.4 Å². The third-order valence-electron chi connectivity index (χ3n) is 13.1. The summed E-state index contributed by atoms with van der Waals surface area (Å²) in [5.74, 6) is 0.474. The predicted octanol–water partition coefficient (Wildman–Crippen LogP) is 6.29. The molecule has 0 amide bonds. The first kappa shape index (κ1) is 60.0. The van der Waals surface area contributed by atoms with Crippen molar-refractivity contribution < 1.29 is 30.4 Å². The molecule has 418 valence electrons. The number of nitrogens with zero attached hydrogens (tertiary/aromatic N) is 10. The first-order chi connectivity index (χ1) is 37.8. The van der Waals surface area contributed by atoms with Crippen LogP contribution in [-0.4, -0.2) is 118 Å². The van der Waals surface area contributed by atoms with Gasteiger partial charge in [0.05, 0.1) is 21.2 Å². The predicted molar refractivity (Wildman–Crippen MR) is 301 cm³/mol. The molecule has 4 aromatic carbocycles. The largest absolute Gasteiger partial charge is 0.327 e. The third kappa shape index (κ3) is 14.8. The van der Waals surface area contributed by atoms with Crippen molar-refractivity contribution >= 4 is 38.7 Å². The van der Waals surface area contributed by atoms with Gasteiger partial charge in [-0.2, -0.15) is 0 Å². The Morgan fingerprint density at radius 2 is 1.01 bits per heavy atom. The van der Waals surface area contributed by atoms with Crippen LogP contribution < -0.4 is 22.2 Å². The standard InChI is InChI=1S/C28H29FN6O3S.C19H19N5O4S.C9H10FN.ClH/c1-34(2)39(37,38)24-11-9-23(10-12-24)35-17-22(33-27(28(35)36)20-15-30-18-31-16-20)4-3-13-32-26-14-25(26)19-5-7-21(29)8-6-19;1-23(2)29(27,28)17-7-5-16(6-8-17)24-12-15(4-3-9-25)22-18(19(24)26)14-10-20-13-21-11-14;10-7-3-1-6(2-4-7)8-5-9(8)11;/h5-12,15-18,25-26,32H,3-4,13-14H2,1-2H3;5-13H,3-4H2,1-2H3;1-4,8-9H,5,11H2;1H/t25-,26+;;8-,9+;/m0.0./s1. The first-order valence-corrected chi connectivity index (χ1v) is 28.0. The molecule has 3 N–H and O–H groups in total. The second kappa shape index (κ2) is 26.5. The van der Waals surface area contributed by atoms with Crippen LogP contribution in [0.4, 0.5) is 8.78 Å². The summed E-state index contributed by atoms with van der Waals surface area (Å²) in [6.07, 6.45) is 16.9. The lowest BCUT2D eigenvalue weighted by Crippen LogP contribution is -2.24. The van der Waals surface area contributed by atoms with E-state index >= 15 is 0 Å². The summed E-state index contributed by atoms with van der Waals surface area (Å²) in [5.41, 5.74) is 10.8. The van der Waals surface area contributed by atoms with Crippen LogP contribution in [0.2, 0.25) is 0 Å². The average molecular weight is 1150 g/mol. The van der Waals surface area contributed by atoms with Crippen molar-refractivity contribution in [3.05, 3.63) is 202 Å².